The summed E-state index contributed by atoms with van der Waals surface area (Å²) in [5.74, 6) is -1.19. The second-order valence-electron chi connectivity index (χ2n) is 4.65. The van der Waals surface area contributed by atoms with Crippen molar-refractivity contribution in [3.63, 3.8) is 0 Å². The Hall–Kier alpha value is -2.83. The van der Waals surface area contributed by atoms with E-state index in [4.69, 9.17) is 5.11 Å². The predicted molar refractivity (Wildman–Crippen MR) is 73.5 cm³/mol. The van der Waals surface area contributed by atoms with Gasteiger partial charge in [-0.05, 0) is 12.1 Å². The second kappa shape index (κ2) is 4.87. The van der Waals surface area contributed by atoms with E-state index in [1.807, 2.05) is 0 Å². The van der Waals surface area contributed by atoms with E-state index in [1.54, 1.807) is 0 Å². The molecule has 1 aromatic heterocycles. The number of alkyl halides is 3. The quantitative estimate of drug-likeness (QED) is 0.753. The first kappa shape index (κ1) is 14.1. The highest BCUT2D eigenvalue weighted by Gasteiger charge is 2.34. The summed E-state index contributed by atoms with van der Waals surface area (Å²) in [6.45, 7) is 0. The van der Waals surface area contributed by atoms with Crippen LogP contribution in [0.15, 0.2) is 42.5 Å². The number of rotatable bonds is 2. The van der Waals surface area contributed by atoms with Gasteiger partial charge in [-0.2, -0.15) is 18.3 Å². The molecule has 0 saturated heterocycles. The third-order valence-electron chi connectivity index (χ3n) is 3.32. The molecule has 3 rings (SSSR count). The molecule has 0 radical (unpaired) electrons. The van der Waals surface area contributed by atoms with E-state index in [9.17, 15) is 18.0 Å². The Bertz CT molecular complexity index is 869. The van der Waals surface area contributed by atoms with Crippen molar-refractivity contribution in [1.29, 1.82) is 0 Å². The Labute approximate surface area is 122 Å². The zero-order valence-corrected chi connectivity index (χ0v) is 11.0. The van der Waals surface area contributed by atoms with Gasteiger partial charge in [-0.1, -0.05) is 30.3 Å². The van der Waals surface area contributed by atoms with E-state index < -0.39 is 17.7 Å². The minimum Gasteiger partial charge on any atom is -0.478 e. The molecule has 0 aliphatic carbocycles. The number of aromatic carboxylic acids is 1. The highest BCUT2D eigenvalue weighted by Crippen LogP contribution is 2.38. The van der Waals surface area contributed by atoms with Crippen molar-refractivity contribution in [1.82, 2.24) is 10.2 Å². The van der Waals surface area contributed by atoms with Crippen molar-refractivity contribution in [3.05, 3.63) is 53.6 Å². The number of H-pyrrole nitrogens is 1. The van der Waals surface area contributed by atoms with Gasteiger partial charge in [-0.15, -0.1) is 0 Å². The van der Waals surface area contributed by atoms with E-state index in [-0.39, 0.29) is 22.3 Å². The third kappa shape index (κ3) is 2.20. The van der Waals surface area contributed by atoms with Crippen LogP contribution in [0.4, 0.5) is 13.2 Å². The number of nitrogens with zero attached hydrogens (tertiary/aromatic N) is 1. The summed E-state index contributed by atoms with van der Waals surface area (Å²) in [4.78, 5) is 11.2. The molecule has 22 heavy (non-hydrogen) atoms. The lowest BCUT2D eigenvalue weighted by Crippen LogP contribution is -2.07. The lowest BCUT2D eigenvalue weighted by Gasteiger charge is -2.11. The van der Waals surface area contributed by atoms with Gasteiger partial charge >= 0.3 is 12.1 Å². The SMILES string of the molecule is O=C(O)c1cccc2c(-c3ccccc3C(F)(F)F)[nH]nc12. The number of carbonyl (C=O) groups is 1. The van der Waals surface area contributed by atoms with Crippen LogP contribution in [0.2, 0.25) is 0 Å². The molecule has 7 heteroatoms. The molecule has 3 aromatic rings. The van der Waals surface area contributed by atoms with Crippen LogP contribution in [0, 0.1) is 0 Å². The van der Waals surface area contributed by atoms with Crippen LogP contribution >= 0.6 is 0 Å². The number of nitrogens with one attached hydrogen (secondary N) is 1. The lowest BCUT2D eigenvalue weighted by atomic mass is 10.0. The van der Waals surface area contributed by atoms with E-state index in [0.29, 0.717) is 5.39 Å². The van der Waals surface area contributed by atoms with Gasteiger partial charge in [0.25, 0.3) is 0 Å². The molecule has 1 heterocycles. The number of carboxylic acids is 1. The molecule has 0 fully saturated rings. The van der Waals surface area contributed by atoms with Crippen molar-refractivity contribution in [2.75, 3.05) is 0 Å². The average Bonchev–Trinajstić information content (AvgIpc) is 2.89. The largest absolute Gasteiger partial charge is 0.478 e. The fourth-order valence-corrected chi connectivity index (χ4v) is 2.36. The molecule has 2 N–H and O–H groups in total. The smallest absolute Gasteiger partial charge is 0.417 e. The zero-order valence-electron chi connectivity index (χ0n) is 11.0. The van der Waals surface area contributed by atoms with Crippen LogP contribution in [0.5, 0.6) is 0 Å². The average molecular weight is 306 g/mol. The predicted octanol–water partition coefficient (Wildman–Crippen LogP) is 3.95. The molecule has 0 spiro atoms. The molecule has 4 nitrogen and oxygen atoms in total. The van der Waals surface area contributed by atoms with E-state index in [2.05, 4.69) is 10.2 Å². The van der Waals surface area contributed by atoms with Crippen LogP contribution in [0.3, 0.4) is 0 Å². The topological polar surface area (TPSA) is 66.0 Å². The second-order valence-corrected chi connectivity index (χ2v) is 4.65. The van der Waals surface area contributed by atoms with Crippen molar-refractivity contribution in [3.8, 4) is 11.3 Å². The van der Waals surface area contributed by atoms with Crippen molar-refractivity contribution < 1.29 is 23.1 Å². The fourth-order valence-electron chi connectivity index (χ4n) is 2.36. The number of hydrogen-bond donors (Lipinski definition) is 2. The van der Waals surface area contributed by atoms with Crippen LogP contribution < -0.4 is 0 Å². The number of carboxylic acid groups (broad SMARTS) is 1. The molecule has 0 aliphatic rings. The Morgan fingerprint density at radius 1 is 1.09 bits per heavy atom. The van der Waals surface area contributed by atoms with E-state index in [0.717, 1.165) is 6.07 Å². The molecule has 0 unspecified atom stereocenters. The summed E-state index contributed by atoms with van der Waals surface area (Å²) in [5.41, 5.74) is -0.668. The standard InChI is InChI=1S/C15H9F3N2O2/c16-15(17,18)11-7-2-1-4-8(11)12-9-5-3-6-10(14(21)22)13(9)20-19-12/h1-7H,(H,19,20)(H,21,22). The normalized spacial score (nSPS) is 11.8. The summed E-state index contributed by atoms with van der Waals surface area (Å²) in [7, 11) is 0. The molecular weight excluding hydrogens is 297 g/mol. The first-order valence-electron chi connectivity index (χ1n) is 6.26. The number of fused-ring (bicyclic) bond motifs is 1. The molecule has 2 aromatic carbocycles. The summed E-state index contributed by atoms with van der Waals surface area (Å²) in [6.07, 6.45) is -4.52. The first-order chi connectivity index (χ1) is 10.4. The number of halogens is 3. The molecule has 0 bridgehead atoms. The third-order valence-corrected chi connectivity index (χ3v) is 3.32. The number of para-hydroxylation sites is 1. The van der Waals surface area contributed by atoms with Crippen LogP contribution in [0.1, 0.15) is 15.9 Å². The van der Waals surface area contributed by atoms with Crippen molar-refractivity contribution in [2.45, 2.75) is 6.18 Å². The molecule has 0 aliphatic heterocycles. The zero-order chi connectivity index (χ0) is 15.9. The Morgan fingerprint density at radius 3 is 2.50 bits per heavy atom. The molecule has 0 amide bonds. The van der Waals surface area contributed by atoms with Gasteiger partial charge in [0.2, 0.25) is 0 Å². The summed E-state index contributed by atoms with van der Waals surface area (Å²) in [5, 5.41) is 15.8. The Balaban J connectivity index is 2.30. The van der Waals surface area contributed by atoms with Gasteiger partial charge in [0, 0.05) is 10.9 Å². The van der Waals surface area contributed by atoms with Gasteiger partial charge in [0.1, 0.15) is 5.52 Å². The van der Waals surface area contributed by atoms with Crippen LogP contribution in [-0.2, 0) is 6.18 Å². The fraction of sp³-hybridized carbons (Fsp3) is 0.0667. The van der Waals surface area contributed by atoms with E-state index >= 15 is 0 Å². The Kier molecular flexibility index (Phi) is 3.13. The van der Waals surface area contributed by atoms with Crippen molar-refractivity contribution in [2.24, 2.45) is 0 Å². The molecule has 112 valence electrons. The number of aromatic amines is 1. The Morgan fingerprint density at radius 2 is 1.82 bits per heavy atom. The minimum absolute atomic E-state index is 0.0653. The van der Waals surface area contributed by atoms with Gasteiger partial charge in [0.05, 0.1) is 16.8 Å². The monoisotopic (exact) mass is 306 g/mol. The van der Waals surface area contributed by atoms with Crippen LogP contribution in [0.25, 0.3) is 22.2 Å². The molecular formula is C15H9F3N2O2. The van der Waals surface area contributed by atoms with Gasteiger partial charge in [0.15, 0.2) is 0 Å². The highest BCUT2D eigenvalue weighted by atomic mass is 19.4. The summed E-state index contributed by atoms with van der Waals surface area (Å²) in [6, 6.07) is 9.44. The minimum atomic E-state index is -4.52. The van der Waals surface area contributed by atoms with Gasteiger partial charge in [-0.3, -0.25) is 5.10 Å². The summed E-state index contributed by atoms with van der Waals surface area (Å²) < 4.78 is 39.4. The molecule has 0 saturated carbocycles. The number of benzene rings is 2. The number of aromatic nitrogens is 2. The highest BCUT2D eigenvalue weighted by molar-refractivity contribution is 6.05. The molecule has 0 atom stereocenters. The maximum atomic E-state index is 13.1. The first-order valence-corrected chi connectivity index (χ1v) is 6.26. The van der Waals surface area contributed by atoms with Crippen LogP contribution in [-0.4, -0.2) is 21.3 Å². The lowest BCUT2D eigenvalue weighted by molar-refractivity contribution is -0.137. The summed E-state index contributed by atoms with van der Waals surface area (Å²) >= 11 is 0. The van der Waals surface area contributed by atoms with Gasteiger partial charge in [-0.25, -0.2) is 4.79 Å². The number of hydrogen-bond acceptors (Lipinski definition) is 2. The maximum absolute atomic E-state index is 13.1. The maximum Gasteiger partial charge on any atom is 0.417 e. The van der Waals surface area contributed by atoms with Gasteiger partial charge < -0.3 is 5.11 Å². The van der Waals surface area contributed by atoms with E-state index in [1.165, 1.54) is 36.4 Å². The van der Waals surface area contributed by atoms with Crippen molar-refractivity contribution >= 4 is 16.9 Å².